The molecule has 0 aromatic carbocycles. The summed E-state index contributed by atoms with van der Waals surface area (Å²) in [5, 5.41) is 0. The summed E-state index contributed by atoms with van der Waals surface area (Å²) in [6, 6.07) is -0.990. The third kappa shape index (κ3) is 1.99. The highest BCUT2D eigenvalue weighted by Gasteiger charge is 2.42. The molecule has 6 nitrogen and oxygen atoms in total. The summed E-state index contributed by atoms with van der Waals surface area (Å²) < 4.78 is 0. The predicted octanol–water partition coefficient (Wildman–Crippen LogP) is -1.56. The normalized spacial score (nSPS) is 28.3. The number of hydrogen-bond acceptors (Lipinski definition) is 4. The zero-order chi connectivity index (χ0) is 11.7. The lowest BCUT2D eigenvalue weighted by atomic mass is 10.00. The SMILES string of the molecule is CC1C(=O)N(CC(N)C(N)=O)C(=O)C1C. The van der Waals surface area contributed by atoms with Crippen LogP contribution >= 0.6 is 0 Å². The Kier molecular flexibility index (Phi) is 3.09. The van der Waals surface area contributed by atoms with E-state index in [2.05, 4.69) is 0 Å². The number of nitrogens with zero attached hydrogens (tertiary/aromatic N) is 1. The maximum Gasteiger partial charge on any atom is 0.236 e. The fourth-order valence-corrected chi connectivity index (χ4v) is 1.49. The van der Waals surface area contributed by atoms with Gasteiger partial charge in [-0.1, -0.05) is 13.8 Å². The van der Waals surface area contributed by atoms with Crippen LogP contribution in [0.25, 0.3) is 0 Å². The Bertz CT molecular complexity index is 296. The lowest BCUT2D eigenvalue weighted by molar-refractivity contribution is -0.140. The van der Waals surface area contributed by atoms with Gasteiger partial charge in [-0.3, -0.25) is 19.3 Å². The van der Waals surface area contributed by atoms with Gasteiger partial charge in [0.25, 0.3) is 0 Å². The van der Waals surface area contributed by atoms with Crippen molar-refractivity contribution in [2.45, 2.75) is 19.9 Å². The Labute approximate surface area is 87.6 Å². The molecule has 1 rings (SSSR count). The second-order valence-corrected chi connectivity index (χ2v) is 3.87. The van der Waals surface area contributed by atoms with E-state index in [0.29, 0.717) is 0 Å². The Morgan fingerprint density at radius 1 is 1.33 bits per heavy atom. The van der Waals surface area contributed by atoms with Crippen LogP contribution in [0, 0.1) is 11.8 Å². The quantitative estimate of drug-likeness (QED) is 0.553. The lowest BCUT2D eigenvalue weighted by Gasteiger charge is -2.17. The van der Waals surface area contributed by atoms with Gasteiger partial charge in [0.1, 0.15) is 6.04 Å². The van der Waals surface area contributed by atoms with Crippen molar-refractivity contribution in [1.29, 1.82) is 0 Å². The molecule has 3 amide bonds. The minimum atomic E-state index is -0.990. The van der Waals surface area contributed by atoms with Crippen LogP contribution in [0.4, 0.5) is 0 Å². The molecule has 1 saturated heterocycles. The number of primary amides is 1. The molecule has 15 heavy (non-hydrogen) atoms. The van der Waals surface area contributed by atoms with E-state index in [1.807, 2.05) is 0 Å². The molecular weight excluding hydrogens is 198 g/mol. The van der Waals surface area contributed by atoms with Crippen molar-refractivity contribution >= 4 is 17.7 Å². The number of carbonyl (C=O) groups excluding carboxylic acids is 3. The van der Waals surface area contributed by atoms with Crippen molar-refractivity contribution in [3.63, 3.8) is 0 Å². The molecule has 84 valence electrons. The van der Waals surface area contributed by atoms with E-state index in [1.54, 1.807) is 13.8 Å². The summed E-state index contributed by atoms with van der Waals surface area (Å²) in [5.41, 5.74) is 10.4. The van der Waals surface area contributed by atoms with Gasteiger partial charge in [-0.2, -0.15) is 0 Å². The Hall–Kier alpha value is -1.43. The van der Waals surface area contributed by atoms with Crippen LogP contribution in [0.5, 0.6) is 0 Å². The third-order valence-corrected chi connectivity index (χ3v) is 2.81. The first kappa shape index (κ1) is 11.6. The molecule has 0 aliphatic carbocycles. The molecule has 4 N–H and O–H groups in total. The molecule has 0 spiro atoms. The van der Waals surface area contributed by atoms with Crippen LogP contribution in [0.1, 0.15) is 13.8 Å². The van der Waals surface area contributed by atoms with E-state index in [9.17, 15) is 14.4 Å². The first-order chi connectivity index (χ1) is 6.86. The number of likely N-dealkylation sites (tertiary alicyclic amines) is 1. The van der Waals surface area contributed by atoms with Gasteiger partial charge in [0.15, 0.2) is 0 Å². The summed E-state index contributed by atoms with van der Waals surface area (Å²) in [4.78, 5) is 34.9. The van der Waals surface area contributed by atoms with Gasteiger partial charge in [0, 0.05) is 11.8 Å². The lowest BCUT2D eigenvalue weighted by Crippen LogP contribution is -2.48. The minimum Gasteiger partial charge on any atom is -0.368 e. The summed E-state index contributed by atoms with van der Waals surface area (Å²) >= 11 is 0. The van der Waals surface area contributed by atoms with Gasteiger partial charge >= 0.3 is 0 Å². The van der Waals surface area contributed by atoms with Crippen molar-refractivity contribution in [3.05, 3.63) is 0 Å². The number of imide groups is 1. The van der Waals surface area contributed by atoms with Crippen LogP contribution in [-0.2, 0) is 14.4 Å². The van der Waals surface area contributed by atoms with E-state index < -0.39 is 11.9 Å². The van der Waals surface area contributed by atoms with Crippen molar-refractivity contribution in [2.75, 3.05) is 6.54 Å². The van der Waals surface area contributed by atoms with Crippen LogP contribution in [-0.4, -0.2) is 35.2 Å². The molecule has 1 aliphatic rings. The number of rotatable bonds is 3. The fraction of sp³-hybridized carbons (Fsp3) is 0.667. The second kappa shape index (κ2) is 3.98. The molecule has 0 bridgehead atoms. The van der Waals surface area contributed by atoms with Crippen LogP contribution in [0.15, 0.2) is 0 Å². The highest BCUT2D eigenvalue weighted by molar-refractivity contribution is 6.05. The second-order valence-electron chi connectivity index (χ2n) is 3.87. The van der Waals surface area contributed by atoms with E-state index in [-0.39, 0.29) is 30.2 Å². The third-order valence-electron chi connectivity index (χ3n) is 2.81. The molecular formula is C9H15N3O3. The number of hydrogen-bond donors (Lipinski definition) is 2. The molecule has 1 heterocycles. The van der Waals surface area contributed by atoms with Gasteiger partial charge in [-0.15, -0.1) is 0 Å². The maximum absolute atomic E-state index is 11.6. The predicted molar refractivity (Wildman–Crippen MR) is 52.2 cm³/mol. The fourth-order valence-electron chi connectivity index (χ4n) is 1.49. The highest BCUT2D eigenvalue weighted by atomic mass is 16.2. The molecule has 0 aromatic heterocycles. The molecule has 6 heteroatoms. The Morgan fingerprint density at radius 3 is 2.07 bits per heavy atom. The molecule has 3 atom stereocenters. The summed E-state index contributed by atoms with van der Waals surface area (Å²) in [6.07, 6.45) is 0. The molecule has 0 radical (unpaired) electrons. The highest BCUT2D eigenvalue weighted by Crippen LogP contribution is 2.25. The molecule has 1 aliphatic heterocycles. The molecule has 1 fully saturated rings. The molecule has 3 unspecified atom stereocenters. The average Bonchev–Trinajstić information content (AvgIpc) is 2.35. The smallest absolute Gasteiger partial charge is 0.236 e. The van der Waals surface area contributed by atoms with Crippen LogP contribution < -0.4 is 11.5 Å². The Morgan fingerprint density at radius 2 is 1.73 bits per heavy atom. The van der Waals surface area contributed by atoms with Crippen molar-refractivity contribution in [1.82, 2.24) is 4.90 Å². The summed E-state index contributed by atoms with van der Waals surface area (Å²) in [7, 11) is 0. The van der Waals surface area contributed by atoms with Gasteiger partial charge in [0.2, 0.25) is 17.7 Å². The number of nitrogens with two attached hydrogens (primary N) is 2. The van der Waals surface area contributed by atoms with Crippen molar-refractivity contribution in [3.8, 4) is 0 Å². The zero-order valence-electron chi connectivity index (χ0n) is 8.77. The maximum atomic E-state index is 11.6. The van der Waals surface area contributed by atoms with Crippen molar-refractivity contribution in [2.24, 2.45) is 23.3 Å². The standard InChI is InChI=1S/C9H15N3O3/c1-4-5(2)9(15)12(8(4)14)3-6(10)7(11)13/h4-6H,3,10H2,1-2H3,(H2,11,13). The topological polar surface area (TPSA) is 106 Å². The van der Waals surface area contributed by atoms with Crippen LogP contribution in [0.2, 0.25) is 0 Å². The van der Waals surface area contributed by atoms with Crippen LogP contribution in [0.3, 0.4) is 0 Å². The van der Waals surface area contributed by atoms with E-state index in [0.717, 1.165) is 4.90 Å². The van der Waals surface area contributed by atoms with Crippen molar-refractivity contribution < 1.29 is 14.4 Å². The van der Waals surface area contributed by atoms with E-state index in [4.69, 9.17) is 11.5 Å². The van der Waals surface area contributed by atoms with Gasteiger partial charge in [-0.25, -0.2) is 0 Å². The van der Waals surface area contributed by atoms with E-state index >= 15 is 0 Å². The molecule has 0 aromatic rings. The first-order valence-corrected chi connectivity index (χ1v) is 4.76. The van der Waals surface area contributed by atoms with E-state index in [1.165, 1.54) is 0 Å². The molecule has 0 saturated carbocycles. The monoisotopic (exact) mass is 213 g/mol. The zero-order valence-corrected chi connectivity index (χ0v) is 8.77. The van der Waals surface area contributed by atoms with Gasteiger partial charge in [0.05, 0.1) is 6.54 Å². The summed E-state index contributed by atoms with van der Waals surface area (Å²) in [5.74, 6) is -1.99. The number of carbonyl (C=O) groups is 3. The van der Waals surface area contributed by atoms with Gasteiger partial charge in [-0.05, 0) is 0 Å². The minimum absolute atomic E-state index is 0.123. The largest absolute Gasteiger partial charge is 0.368 e. The Balaban J connectivity index is 2.75. The first-order valence-electron chi connectivity index (χ1n) is 4.76. The average molecular weight is 213 g/mol. The summed E-state index contributed by atoms with van der Waals surface area (Å²) in [6.45, 7) is 3.24. The number of amides is 3. The van der Waals surface area contributed by atoms with Gasteiger partial charge < -0.3 is 11.5 Å².